The van der Waals surface area contributed by atoms with Gasteiger partial charge in [-0.15, -0.1) is 11.3 Å². The predicted molar refractivity (Wildman–Crippen MR) is 111 cm³/mol. The number of carbonyl (C=O) groups excluding carboxylic acids is 1. The van der Waals surface area contributed by atoms with E-state index in [0.717, 1.165) is 29.9 Å². The number of rotatable bonds is 6. The van der Waals surface area contributed by atoms with Crippen LogP contribution in [-0.2, 0) is 27.5 Å². The van der Waals surface area contributed by atoms with E-state index in [2.05, 4.69) is 0 Å². The summed E-state index contributed by atoms with van der Waals surface area (Å²) in [7, 11) is -4.05. The first kappa shape index (κ1) is 22.3. The van der Waals surface area contributed by atoms with Gasteiger partial charge in [-0.05, 0) is 55.3 Å². The molecule has 0 N–H and O–H groups in total. The Labute approximate surface area is 183 Å². The van der Waals surface area contributed by atoms with Gasteiger partial charge in [-0.1, -0.05) is 12.1 Å². The van der Waals surface area contributed by atoms with Gasteiger partial charge in [0.2, 0.25) is 15.9 Å². The maximum atomic E-state index is 13.1. The maximum Gasteiger partial charge on any atom is 0.416 e. The molecule has 1 saturated heterocycles. The molecule has 10 heteroatoms. The van der Waals surface area contributed by atoms with Gasteiger partial charge in [-0.3, -0.25) is 4.79 Å². The Balaban J connectivity index is 1.42. The number of nitrogens with zero attached hydrogens (tertiary/aromatic N) is 2. The molecule has 2 aromatic rings. The highest BCUT2D eigenvalue weighted by Gasteiger charge is 2.39. The van der Waals surface area contributed by atoms with Crippen LogP contribution in [0.2, 0.25) is 0 Å². The van der Waals surface area contributed by atoms with Crippen LogP contribution in [0.3, 0.4) is 0 Å². The van der Waals surface area contributed by atoms with E-state index in [4.69, 9.17) is 0 Å². The van der Waals surface area contributed by atoms with Gasteiger partial charge in [-0.2, -0.15) is 17.5 Å². The highest BCUT2D eigenvalue weighted by atomic mass is 32.2. The molecule has 1 amide bonds. The van der Waals surface area contributed by atoms with Gasteiger partial charge >= 0.3 is 6.18 Å². The highest BCUT2D eigenvalue weighted by Crippen LogP contribution is 2.34. The minimum absolute atomic E-state index is 0.0482. The third kappa shape index (κ3) is 4.96. The van der Waals surface area contributed by atoms with E-state index in [1.54, 1.807) is 11.3 Å². The fraction of sp³-hybridized carbons (Fsp3) is 0.476. The lowest BCUT2D eigenvalue weighted by molar-refractivity contribution is -0.138. The Morgan fingerprint density at radius 3 is 2.39 bits per heavy atom. The van der Waals surface area contributed by atoms with Crippen molar-refractivity contribution in [2.75, 3.05) is 13.1 Å². The third-order valence-corrected chi connectivity index (χ3v) is 8.54. The monoisotopic (exact) mass is 472 g/mol. The molecule has 31 heavy (non-hydrogen) atoms. The maximum absolute atomic E-state index is 13.1. The molecule has 0 unspecified atom stereocenters. The van der Waals surface area contributed by atoms with E-state index < -0.39 is 21.8 Å². The van der Waals surface area contributed by atoms with Gasteiger partial charge < -0.3 is 4.90 Å². The molecule has 0 spiro atoms. The number of hydrogen-bond acceptors (Lipinski definition) is 4. The van der Waals surface area contributed by atoms with Crippen LogP contribution in [0.5, 0.6) is 0 Å². The van der Waals surface area contributed by atoms with Crippen molar-refractivity contribution in [1.29, 1.82) is 0 Å². The second-order valence-electron chi connectivity index (χ2n) is 7.98. The Kier molecular flexibility index (Phi) is 6.15. The molecule has 0 radical (unpaired) electrons. The topological polar surface area (TPSA) is 57.7 Å². The van der Waals surface area contributed by atoms with E-state index in [1.807, 2.05) is 22.4 Å². The van der Waals surface area contributed by atoms with Crippen molar-refractivity contribution in [3.8, 4) is 0 Å². The van der Waals surface area contributed by atoms with Crippen molar-refractivity contribution in [1.82, 2.24) is 9.21 Å². The molecule has 5 nitrogen and oxygen atoms in total. The molecule has 4 rings (SSSR count). The molecule has 2 aliphatic rings. The average Bonchev–Trinajstić information content (AvgIpc) is 3.46. The first-order valence-electron chi connectivity index (χ1n) is 10.2. The number of benzene rings is 1. The SMILES string of the molecule is O=C(C1CCN(S(=O)(=O)c2cccc(C(F)(F)F)c2)CC1)N(Cc1cccs1)C1CC1. The molecular weight excluding hydrogens is 449 g/mol. The summed E-state index contributed by atoms with van der Waals surface area (Å²) in [4.78, 5) is 15.8. The molecule has 1 aromatic carbocycles. The molecule has 1 saturated carbocycles. The van der Waals surface area contributed by atoms with Crippen LogP contribution in [0.25, 0.3) is 0 Å². The molecule has 1 aliphatic carbocycles. The number of alkyl halides is 3. The van der Waals surface area contributed by atoms with Gasteiger partial charge in [-0.25, -0.2) is 8.42 Å². The minimum Gasteiger partial charge on any atom is -0.334 e. The summed E-state index contributed by atoms with van der Waals surface area (Å²) in [5, 5.41) is 1.97. The summed E-state index contributed by atoms with van der Waals surface area (Å²) in [5.74, 6) is -0.222. The number of thiophene rings is 1. The van der Waals surface area contributed by atoms with E-state index in [-0.39, 0.29) is 35.9 Å². The summed E-state index contributed by atoms with van der Waals surface area (Å²) < 4.78 is 65.8. The average molecular weight is 473 g/mol. The lowest BCUT2D eigenvalue weighted by Crippen LogP contribution is -2.44. The molecular formula is C21H23F3N2O3S2. The number of halogens is 3. The first-order valence-corrected chi connectivity index (χ1v) is 12.5. The molecule has 0 atom stereocenters. The summed E-state index contributed by atoms with van der Waals surface area (Å²) in [6, 6.07) is 8.00. The molecule has 0 bridgehead atoms. The second kappa shape index (κ2) is 8.55. The number of carbonyl (C=O) groups is 1. The lowest BCUT2D eigenvalue weighted by Gasteiger charge is -2.33. The van der Waals surface area contributed by atoms with Gasteiger partial charge in [0, 0.05) is 29.9 Å². The molecule has 2 fully saturated rings. The molecule has 2 heterocycles. The quantitative estimate of drug-likeness (QED) is 0.628. The van der Waals surface area contributed by atoms with E-state index in [1.165, 1.54) is 10.4 Å². The largest absolute Gasteiger partial charge is 0.416 e. The van der Waals surface area contributed by atoms with Gasteiger partial charge in [0.25, 0.3) is 0 Å². The minimum atomic E-state index is -4.61. The fourth-order valence-electron chi connectivity index (χ4n) is 3.90. The van der Waals surface area contributed by atoms with E-state index in [9.17, 15) is 26.4 Å². The van der Waals surface area contributed by atoms with Gasteiger partial charge in [0.15, 0.2) is 0 Å². The number of piperidine rings is 1. The van der Waals surface area contributed by atoms with Crippen LogP contribution < -0.4 is 0 Å². The van der Waals surface area contributed by atoms with Crippen molar-refractivity contribution in [3.63, 3.8) is 0 Å². The summed E-state index contributed by atoms with van der Waals surface area (Å²) >= 11 is 1.60. The zero-order valence-electron chi connectivity index (χ0n) is 16.7. The highest BCUT2D eigenvalue weighted by molar-refractivity contribution is 7.89. The second-order valence-corrected chi connectivity index (χ2v) is 11.0. The van der Waals surface area contributed by atoms with Crippen molar-refractivity contribution < 1.29 is 26.4 Å². The first-order chi connectivity index (χ1) is 14.7. The Hall–Kier alpha value is -1.91. The van der Waals surface area contributed by atoms with Crippen LogP contribution >= 0.6 is 11.3 Å². The Morgan fingerprint density at radius 2 is 1.81 bits per heavy atom. The lowest BCUT2D eigenvalue weighted by atomic mass is 9.96. The Bertz CT molecular complexity index is 1030. The normalized spacial score (nSPS) is 18.8. The number of hydrogen-bond donors (Lipinski definition) is 0. The van der Waals surface area contributed by atoms with Crippen molar-refractivity contribution in [2.24, 2.45) is 5.92 Å². The van der Waals surface area contributed by atoms with Crippen LogP contribution in [0.4, 0.5) is 13.2 Å². The zero-order chi connectivity index (χ0) is 22.2. The third-order valence-electron chi connectivity index (χ3n) is 5.78. The van der Waals surface area contributed by atoms with Gasteiger partial charge in [0.05, 0.1) is 17.0 Å². The van der Waals surface area contributed by atoms with Crippen LogP contribution in [0, 0.1) is 5.92 Å². The van der Waals surface area contributed by atoms with Crippen LogP contribution in [0.1, 0.15) is 36.1 Å². The smallest absolute Gasteiger partial charge is 0.334 e. The van der Waals surface area contributed by atoms with Crippen molar-refractivity contribution in [2.45, 2.75) is 49.3 Å². The number of amides is 1. The van der Waals surface area contributed by atoms with Crippen molar-refractivity contribution >= 4 is 27.3 Å². The zero-order valence-corrected chi connectivity index (χ0v) is 18.3. The molecule has 168 valence electrons. The van der Waals surface area contributed by atoms with Crippen LogP contribution in [-0.4, -0.2) is 42.7 Å². The van der Waals surface area contributed by atoms with Gasteiger partial charge in [0.1, 0.15) is 0 Å². The predicted octanol–water partition coefficient (Wildman–Crippen LogP) is 4.36. The van der Waals surface area contributed by atoms with Crippen molar-refractivity contribution in [3.05, 3.63) is 52.2 Å². The standard InChI is InChI=1S/C21H23F3N2O3S2/c22-21(23,24)16-3-1-5-19(13-16)31(28,29)25-10-8-15(9-11-25)20(27)26(17-6-7-17)14-18-4-2-12-30-18/h1-5,12-13,15,17H,6-11,14H2. The molecule has 1 aliphatic heterocycles. The van der Waals surface area contributed by atoms with E-state index >= 15 is 0 Å². The summed E-state index contributed by atoms with van der Waals surface area (Å²) in [5.41, 5.74) is -0.993. The van der Waals surface area contributed by atoms with Crippen LogP contribution in [0.15, 0.2) is 46.7 Å². The van der Waals surface area contributed by atoms with E-state index in [0.29, 0.717) is 25.5 Å². The Morgan fingerprint density at radius 1 is 1.10 bits per heavy atom. The summed E-state index contributed by atoms with van der Waals surface area (Å²) in [6.45, 7) is 0.808. The number of sulfonamides is 1. The fourth-order valence-corrected chi connectivity index (χ4v) is 6.12. The summed E-state index contributed by atoms with van der Waals surface area (Å²) in [6.07, 6.45) is -1.91. The molecule has 1 aromatic heterocycles.